The van der Waals surface area contributed by atoms with E-state index < -0.39 is 0 Å². The number of hydrogen-bond donors (Lipinski definition) is 0. The Kier molecular flexibility index (Phi) is 1.03. The Hall–Kier alpha value is -0.540. The highest BCUT2D eigenvalue weighted by molar-refractivity contribution is 4.78. The van der Waals surface area contributed by atoms with Crippen LogP contribution >= 0.6 is 0 Å². The second-order valence-electron chi connectivity index (χ2n) is 2.37. The second-order valence-corrected chi connectivity index (χ2v) is 2.37. The smallest absolute Gasteiger partial charge is 0.157 e. The summed E-state index contributed by atoms with van der Waals surface area (Å²) in [6.45, 7) is 0.542. The van der Waals surface area contributed by atoms with Crippen molar-refractivity contribution in [1.82, 2.24) is 4.90 Å². The minimum atomic E-state index is -0.267. The van der Waals surface area contributed by atoms with Crippen LogP contribution in [-0.4, -0.2) is 30.3 Å². The summed E-state index contributed by atoms with van der Waals surface area (Å²) in [5, 5.41) is 10.9. The number of rotatable bonds is 0. The molecule has 1 heterocycles. The van der Waals surface area contributed by atoms with Crippen molar-refractivity contribution in [3.05, 3.63) is 17.6 Å². The molecule has 0 saturated heterocycles. The first kappa shape index (κ1) is 5.59. The molecule has 3 nitrogen and oxygen atoms in total. The van der Waals surface area contributed by atoms with Gasteiger partial charge in [-0.2, -0.15) is 0 Å². The Balaban J connectivity index is 2.58. The van der Waals surface area contributed by atoms with Crippen LogP contribution in [0.25, 0.3) is 0 Å². The number of quaternary nitrogens is 1. The molecule has 1 atom stereocenters. The highest BCUT2D eigenvalue weighted by Gasteiger charge is 2.13. The van der Waals surface area contributed by atoms with Crippen molar-refractivity contribution in [2.24, 2.45) is 0 Å². The van der Waals surface area contributed by atoms with Crippen molar-refractivity contribution in [1.29, 1.82) is 0 Å². The molecule has 1 rings (SSSR count). The van der Waals surface area contributed by atoms with Crippen molar-refractivity contribution in [3.8, 4) is 0 Å². The lowest BCUT2D eigenvalue weighted by molar-refractivity contribution is -0.809. The minimum absolute atomic E-state index is 0.267. The molecule has 0 aromatic carbocycles. The molecule has 3 heteroatoms. The van der Waals surface area contributed by atoms with Crippen molar-refractivity contribution in [2.75, 3.05) is 20.8 Å². The highest BCUT2D eigenvalue weighted by atomic mass is 16.5. The van der Waals surface area contributed by atoms with Crippen LogP contribution in [0.4, 0.5) is 0 Å². The zero-order chi connectivity index (χ0) is 6.20. The van der Waals surface area contributed by atoms with Crippen LogP contribution < -0.4 is 0 Å². The minimum Gasteiger partial charge on any atom is -0.627 e. The van der Waals surface area contributed by atoms with Gasteiger partial charge in [-0.15, -0.1) is 0 Å². The van der Waals surface area contributed by atoms with Crippen LogP contribution in [-0.2, 0) is 0 Å². The Morgan fingerprint density at radius 1 is 1.75 bits per heavy atom. The van der Waals surface area contributed by atoms with Crippen LogP contribution in [0, 0.1) is 5.21 Å². The number of nitrogens with zero attached hydrogens (tertiary/aromatic N) is 2. The zero-order valence-electron chi connectivity index (χ0n) is 5.16. The summed E-state index contributed by atoms with van der Waals surface area (Å²) in [6, 6.07) is 0. The maximum atomic E-state index is 10.9. The molecule has 0 aromatic rings. The van der Waals surface area contributed by atoms with E-state index in [0.29, 0.717) is 6.67 Å². The second kappa shape index (κ2) is 1.47. The zero-order valence-corrected chi connectivity index (χ0v) is 5.16. The van der Waals surface area contributed by atoms with Gasteiger partial charge in [-0.3, -0.25) is 0 Å². The Bertz CT molecular complexity index is 120. The van der Waals surface area contributed by atoms with Gasteiger partial charge < -0.3 is 14.8 Å². The third-order valence-electron chi connectivity index (χ3n) is 1.14. The average Bonchev–Trinajstić information content (AvgIpc) is 1.82. The Labute approximate surface area is 49.0 Å². The van der Waals surface area contributed by atoms with Gasteiger partial charge in [0.1, 0.15) is 6.20 Å². The third-order valence-corrected chi connectivity index (χ3v) is 1.14. The number of hydroxylamine groups is 3. The number of hydrogen-bond acceptors (Lipinski definition) is 2. The summed E-state index contributed by atoms with van der Waals surface area (Å²) < 4.78 is -0.267. The molecule has 0 fully saturated rings. The molecule has 0 aromatic heterocycles. The first-order valence-corrected chi connectivity index (χ1v) is 2.56. The maximum Gasteiger partial charge on any atom is 0.157 e. The molecule has 0 N–H and O–H groups in total. The van der Waals surface area contributed by atoms with Crippen LogP contribution in [0.3, 0.4) is 0 Å². The molecule has 0 radical (unpaired) electrons. The standard InChI is InChI=1S/C5H10N2O/c1-6-3-4-7(2,8)5-6/h3-4H,5H2,1-2H3. The molecule has 0 saturated carbocycles. The average molecular weight is 114 g/mol. The van der Waals surface area contributed by atoms with E-state index in [9.17, 15) is 5.21 Å². The summed E-state index contributed by atoms with van der Waals surface area (Å²) >= 11 is 0. The molecular formula is C5H10N2O. The molecule has 0 aliphatic carbocycles. The summed E-state index contributed by atoms with van der Waals surface area (Å²) in [5.74, 6) is 0. The quantitative estimate of drug-likeness (QED) is 0.334. The molecule has 8 heavy (non-hydrogen) atoms. The molecule has 0 amide bonds. The fourth-order valence-electron chi connectivity index (χ4n) is 0.792. The normalized spacial score (nSPS) is 36.6. The van der Waals surface area contributed by atoms with Gasteiger partial charge in [0.2, 0.25) is 0 Å². The monoisotopic (exact) mass is 114 g/mol. The highest BCUT2D eigenvalue weighted by Crippen LogP contribution is 2.09. The summed E-state index contributed by atoms with van der Waals surface area (Å²) in [4.78, 5) is 1.87. The van der Waals surface area contributed by atoms with Gasteiger partial charge in [0, 0.05) is 7.05 Å². The Morgan fingerprint density at radius 2 is 2.38 bits per heavy atom. The molecule has 0 bridgehead atoms. The van der Waals surface area contributed by atoms with E-state index in [-0.39, 0.29) is 4.65 Å². The van der Waals surface area contributed by atoms with Gasteiger partial charge in [-0.1, -0.05) is 0 Å². The van der Waals surface area contributed by atoms with Gasteiger partial charge in [0.15, 0.2) is 6.67 Å². The molecule has 0 spiro atoms. The largest absolute Gasteiger partial charge is 0.627 e. The van der Waals surface area contributed by atoms with Crippen molar-refractivity contribution in [2.45, 2.75) is 0 Å². The Morgan fingerprint density at radius 3 is 2.50 bits per heavy atom. The van der Waals surface area contributed by atoms with E-state index in [1.807, 2.05) is 11.9 Å². The summed E-state index contributed by atoms with van der Waals surface area (Å²) in [6.07, 6.45) is 3.42. The fraction of sp³-hybridized carbons (Fsp3) is 0.600. The molecular weight excluding hydrogens is 104 g/mol. The maximum absolute atomic E-state index is 10.9. The topological polar surface area (TPSA) is 26.3 Å². The molecule has 1 aliphatic heterocycles. The van der Waals surface area contributed by atoms with Gasteiger partial charge >= 0.3 is 0 Å². The van der Waals surface area contributed by atoms with Gasteiger partial charge in [-0.05, 0) is 0 Å². The summed E-state index contributed by atoms with van der Waals surface area (Å²) in [5.41, 5.74) is 0. The predicted molar refractivity (Wildman–Crippen MR) is 31.3 cm³/mol. The van der Waals surface area contributed by atoms with E-state index >= 15 is 0 Å². The lowest BCUT2D eigenvalue weighted by Crippen LogP contribution is -2.33. The molecule has 1 aliphatic rings. The molecule has 1 unspecified atom stereocenters. The fourth-order valence-corrected chi connectivity index (χ4v) is 0.792. The lowest BCUT2D eigenvalue weighted by atomic mass is 10.8. The van der Waals surface area contributed by atoms with Crippen molar-refractivity contribution >= 4 is 0 Å². The first-order valence-electron chi connectivity index (χ1n) is 2.56. The van der Waals surface area contributed by atoms with Crippen molar-refractivity contribution in [3.63, 3.8) is 0 Å². The SMILES string of the molecule is CN1C=C[N+](C)([O-])C1. The summed E-state index contributed by atoms with van der Waals surface area (Å²) in [7, 11) is 3.51. The first-order chi connectivity index (χ1) is 3.60. The van der Waals surface area contributed by atoms with Gasteiger partial charge in [-0.25, -0.2) is 0 Å². The van der Waals surface area contributed by atoms with E-state index in [1.54, 1.807) is 19.4 Å². The van der Waals surface area contributed by atoms with Crippen molar-refractivity contribution < 1.29 is 4.65 Å². The third kappa shape index (κ3) is 0.993. The van der Waals surface area contributed by atoms with Crippen LogP contribution in [0.5, 0.6) is 0 Å². The van der Waals surface area contributed by atoms with E-state index in [2.05, 4.69) is 0 Å². The lowest BCUT2D eigenvalue weighted by Gasteiger charge is -2.30. The van der Waals surface area contributed by atoms with Gasteiger partial charge in [0.05, 0.1) is 13.2 Å². The van der Waals surface area contributed by atoms with Crippen LogP contribution in [0.2, 0.25) is 0 Å². The van der Waals surface area contributed by atoms with Gasteiger partial charge in [0.25, 0.3) is 0 Å². The van der Waals surface area contributed by atoms with E-state index in [4.69, 9.17) is 0 Å². The van der Waals surface area contributed by atoms with Crippen LogP contribution in [0.15, 0.2) is 12.4 Å². The van der Waals surface area contributed by atoms with E-state index in [0.717, 1.165) is 0 Å². The predicted octanol–water partition coefficient (Wildman–Crippen LogP) is 0.305. The van der Waals surface area contributed by atoms with Crippen LogP contribution in [0.1, 0.15) is 0 Å². The molecule has 46 valence electrons. The van der Waals surface area contributed by atoms with E-state index in [1.165, 1.54) is 0 Å².